The quantitative estimate of drug-likeness (QED) is 0.718. The number of carbonyl (C=O) groups excluding carboxylic acids is 2. The summed E-state index contributed by atoms with van der Waals surface area (Å²) in [6.07, 6.45) is 1.13. The van der Waals surface area contributed by atoms with Gasteiger partial charge in [-0.05, 0) is 20.8 Å². The molecule has 1 N–H and O–H groups in total. The number of nitrogens with one attached hydrogen (secondary N) is 1. The molecular formula is C10H18N2O4S. The molecule has 0 aliphatic carbocycles. The van der Waals surface area contributed by atoms with Crippen molar-refractivity contribution in [2.24, 2.45) is 0 Å². The Balaban J connectivity index is 2.93. The molecule has 0 radical (unpaired) electrons. The Hall–Kier alpha value is -1.11. The van der Waals surface area contributed by atoms with Crippen LogP contribution in [0.15, 0.2) is 0 Å². The topological polar surface area (TPSA) is 83.6 Å². The van der Waals surface area contributed by atoms with Crippen LogP contribution in [0.1, 0.15) is 20.8 Å². The number of piperazine rings is 1. The van der Waals surface area contributed by atoms with Crippen molar-refractivity contribution in [3.63, 3.8) is 0 Å². The van der Waals surface area contributed by atoms with Crippen LogP contribution in [-0.2, 0) is 19.4 Å². The van der Waals surface area contributed by atoms with Crippen molar-refractivity contribution in [3.8, 4) is 0 Å². The van der Waals surface area contributed by atoms with E-state index in [1.165, 1.54) is 4.90 Å². The standard InChI is InChI=1S/C10H18N2O4S/c1-7-9(14)11-5-8(13)12(7)6-10(2,3)17(4,15)16/h7H,5-6H2,1-4H3,(H,11,14). The number of amides is 2. The third-order valence-corrected chi connectivity index (χ3v) is 5.27. The summed E-state index contributed by atoms with van der Waals surface area (Å²) >= 11 is 0. The molecule has 0 aromatic carbocycles. The van der Waals surface area contributed by atoms with Gasteiger partial charge >= 0.3 is 0 Å². The van der Waals surface area contributed by atoms with E-state index in [0.29, 0.717) is 0 Å². The maximum Gasteiger partial charge on any atom is 0.242 e. The van der Waals surface area contributed by atoms with Crippen LogP contribution in [0, 0.1) is 0 Å². The summed E-state index contributed by atoms with van der Waals surface area (Å²) in [7, 11) is -3.29. The van der Waals surface area contributed by atoms with Crippen molar-refractivity contribution in [2.75, 3.05) is 19.3 Å². The highest BCUT2D eigenvalue weighted by Gasteiger charge is 2.39. The van der Waals surface area contributed by atoms with Gasteiger partial charge in [0.2, 0.25) is 11.8 Å². The lowest BCUT2D eigenvalue weighted by atomic mass is 10.1. The first-order valence-corrected chi connectivity index (χ1v) is 7.22. The van der Waals surface area contributed by atoms with Crippen molar-refractivity contribution >= 4 is 21.7 Å². The summed E-state index contributed by atoms with van der Waals surface area (Å²) < 4.78 is 22.1. The second-order valence-electron chi connectivity index (χ2n) is 4.95. The van der Waals surface area contributed by atoms with Crippen LogP contribution in [0.2, 0.25) is 0 Å². The van der Waals surface area contributed by atoms with Crippen LogP contribution in [-0.4, -0.2) is 55.3 Å². The molecule has 1 fully saturated rings. The van der Waals surface area contributed by atoms with Gasteiger partial charge in [-0.2, -0.15) is 0 Å². The minimum absolute atomic E-state index is 0.0270. The molecular weight excluding hydrogens is 244 g/mol. The van der Waals surface area contributed by atoms with Gasteiger partial charge in [0.1, 0.15) is 6.04 Å². The van der Waals surface area contributed by atoms with Gasteiger partial charge < -0.3 is 10.2 Å². The van der Waals surface area contributed by atoms with Gasteiger partial charge in [0.15, 0.2) is 9.84 Å². The van der Waals surface area contributed by atoms with Crippen molar-refractivity contribution in [3.05, 3.63) is 0 Å². The van der Waals surface area contributed by atoms with Gasteiger partial charge in [0.05, 0.1) is 11.3 Å². The normalized spacial score (nSPS) is 22.6. The van der Waals surface area contributed by atoms with E-state index >= 15 is 0 Å². The summed E-state index contributed by atoms with van der Waals surface area (Å²) in [5, 5.41) is 2.46. The second-order valence-corrected chi connectivity index (χ2v) is 7.60. The fourth-order valence-corrected chi connectivity index (χ4v) is 1.90. The summed E-state index contributed by atoms with van der Waals surface area (Å²) in [5.74, 6) is -0.511. The Kier molecular flexibility index (Phi) is 3.52. The smallest absolute Gasteiger partial charge is 0.242 e. The molecule has 1 atom stereocenters. The molecule has 1 saturated heterocycles. The molecule has 0 bridgehead atoms. The van der Waals surface area contributed by atoms with Gasteiger partial charge in [0.25, 0.3) is 0 Å². The van der Waals surface area contributed by atoms with Crippen LogP contribution in [0.25, 0.3) is 0 Å². The third kappa shape index (κ3) is 2.77. The molecule has 1 rings (SSSR count). The van der Waals surface area contributed by atoms with E-state index < -0.39 is 20.6 Å². The minimum Gasteiger partial charge on any atom is -0.345 e. The van der Waals surface area contributed by atoms with Gasteiger partial charge in [-0.15, -0.1) is 0 Å². The van der Waals surface area contributed by atoms with E-state index in [2.05, 4.69) is 5.32 Å². The fourth-order valence-electron chi connectivity index (χ4n) is 1.52. The molecule has 17 heavy (non-hydrogen) atoms. The summed E-state index contributed by atoms with van der Waals surface area (Å²) in [4.78, 5) is 24.4. The SMILES string of the molecule is CC1C(=O)NCC(=O)N1CC(C)(C)S(C)(=O)=O. The molecule has 1 unspecified atom stereocenters. The molecule has 0 saturated carbocycles. The van der Waals surface area contributed by atoms with E-state index in [4.69, 9.17) is 0 Å². The van der Waals surface area contributed by atoms with Crippen LogP contribution in [0.3, 0.4) is 0 Å². The van der Waals surface area contributed by atoms with E-state index in [-0.39, 0.29) is 24.9 Å². The first kappa shape index (κ1) is 14.0. The Bertz CT molecular complexity index is 441. The van der Waals surface area contributed by atoms with Crippen molar-refractivity contribution in [1.29, 1.82) is 0 Å². The number of sulfone groups is 1. The molecule has 0 spiro atoms. The number of rotatable bonds is 3. The lowest BCUT2D eigenvalue weighted by molar-refractivity contribution is -0.145. The average Bonchev–Trinajstić information content (AvgIpc) is 2.17. The molecule has 0 aromatic heterocycles. The zero-order valence-electron chi connectivity index (χ0n) is 10.5. The van der Waals surface area contributed by atoms with E-state index in [1.807, 2.05) is 0 Å². The average molecular weight is 262 g/mol. The highest BCUT2D eigenvalue weighted by atomic mass is 32.2. The molecule has 1 heterocycles. The zero-order valence-corrected chi connectivity index (χ0v) is 11.3. The lowest BCUT2D eigenvalue weighted by Crippen LogP contribution is -2.60. The van der Waals surface area contributed by atoms with E-state index in [1.54, 1.807) is 20.8 Å². The summed E-state index contributed by atoms with van der Waals surface area (Å²) in [5.41, 5.74) is 0. The van der Waals surface area contributed by atoms with Crippen molar-refractivity contribution < 1.29 is 18.0 Å². The maximum absolute atomic E-state index is 11.7. The van der Waals surface area contributed by atoms with Crippen LogP contribution in [0.4, 0.5) is 0 Å². The Morgan fingerprint density at radius 1 is 1.41 bits per heavy atom. The largest absolute Gasteiger partial charge is 0.345 e. The molecule has 98 valence electrons. The molecule has 1 aliphatic heterocycles. The molecule has 7 heteroatoms. The maximum atomic E-state index is 11.7. The van der Waals surface area contributed by atoms with E-state index in [0.717, 1.165) is 6.26 Å². The third-order valence-electron chi connectivity index (χ3n) is 3.14. The number of nitrogens with zero attached hydrogens (tertiary/aromatic N) is 1. The van der Waals surface area contributed by atoms with Gasteiger partial charge in [-0.3, -0.25) is 9.59 Å². The van der Waals surface area contributed by atoms with Gasteiger partial charge in [-0.1, -0.05) is 0 Å². The van der Waals surface area contributed by atoms with Crippen LogP contribution >= 0.6 is 0 Å². The van der Waals surface area contributed by atoms with Gasteiger partial charge in [0, 0.05) is 12.8 Å². The molecule has 0 aromatic rings. The number of hydrogen-bond acceptors (Lipinski definition) is 4. The molecule has 6 nitrogen and oxygen atoms in total. The first-order valence-electron chi connectivity index (χ1n) is 5.33. The predicted octanol–water partition coefficient (Wildman–Crippen LogP) is -0.843. The summed E-state index contributed by atoms with van der Waals surface area (Å²) in [6.45, 7) is 4.65. The van der Waals surface area contributed by atoms with E-state index in [9.17, 15) is 18.0 Å². The molecule has 1 aliphatic rings. The minimum atomic E-state index is -3.29. The van der Waals surface area contributed by atoms with Crippen molar-refractivity contribution in [2.45, 2.75) is 31.6 Å². The molecule has 2 amide bonds. The summed E-state index contributed by atoms with van der Waals surface area (Å²) in [6, 6.07) is -0.628. The zero-order chi connectivity index (χ0) is 13.4. The Morgan fingerprint density at radius 3 is 2.41 bits per heavy atom. The van der Waals surface area contributed by atoms with Crippen LogP contribution < -0.4 is 5.32 Å². The highest BCUT2D eigenvalue weighted by Crippen LogP contribution is 2.19. The second kappa shape index (κ2) is 4.29. The van der Waals surface area contributed by atoms with Crippen molar-refractivity contribution in [1.82, 2.24) is 10.2 Å². The van der Waals surface area contributed by atoms with Crippen LogP contribution in [0.5, 0.6) is 0 Å². The Morgan fingerprint density at radius 2 is 1.94 bits per heavy atom. The lowest BCUT2D eigenvalue weighted by Gasteiger charge is -2.37. The fraction of sp³-hybridized carbons (Fsp3) is 0.800. The number of carbonyl (C=O) groups is 2. The first-order chi connectivity index (χ1) is 7.56. The predicted molar refractivity (Wildman–Crippen MR) is 63.1 cm³/mol. The Labute approximate surface area is 101 Å². The van der Waals surface area contributed by atoms with Gasteiger partial charge in [-0.25, -0.2) is 8.42 Å². The monoisotopic (exact) mass is 262 g/mol. The number of hydrogen-bond donors (Lipinski definition) is 1. The highest BCUT2D eigenvalue weighted by molar-refractivity contribution is 7.92.